The Morgan fingerprint density at radius 3 is 2.29 bits per heavy atom. The van der Waals surface area contributed by atoms with Crippen molar-refractivity contribution in [2.75, 3.05) is 19.8 Å². The van der Waals surface area contributed by atoms with Crippen LogP contribution < -0.4 is 15.4 Å². The van der Waals surface area contributed by atoms with Crippen molar-refractivity contribution < 1.29 is 19.1 Å². The van der Waals surface area contributed by atoms with Crippen molar-refractivity contribution in [3.8, 4) is 5.75 Å². The van der Waals surface area contributed by atoms with Crippen molar-refractivity contribution >= 4 is 11.8 Å². The molecule has 1 fully saturated rings. The number of ether oxygens (including phenoxy) is 2. The van der Waals surface area contributed by atoms with Gasteiger partial charge in [0.2, 0.25) is 5.91 Å². The van der Waals surface area contributed by atoms with Crippen molar-refractivity contribution in [1.82, 2.24) is 10.6 Å². The second-order valence-corrected chi connectivity index (χ2v) is 9.40. The van der Waals surface area contributed by atoms with E-state index in [2.05, 4.69) is 10.6 Å². The van der Waals surface area contributed by atoms with Gasteiger partial charge in [-0.3, -0.25) is 9.59 Å². The first-order valence-corrected chi connectivity index (χ1v) is 9.88. The highest BCUT2D eigenvalue weighted by molar-refractivity contribution is 5.97. The molecule has 0 aromatic heterocycles. The first kappa shape index (κ1) is 22.2. The van der Waals surface area contributed by atoms with E-state index >= 15 is 0 Å². The predicted octanol–water partition coefficient (Wildman–Crippen LogP) is 3.39. The van der Waals surface area contributed by atoms with Gasteiger partial charge in [0.15, 0.2) is 0 Å². The van der Waals surface area contributed by atoms with Crippen LogP contribution in [0.4, 0.5) is 0 Å². The molecule has 6 heteroatoms. The van der Waals surface area contributed by atoms with E-state index in [-0.39, 0.29) is 17.4 Å². The van der Waals surface area contributed by atoms with Gasteiger partial charge in [-0.15, -0.1) is 0 Å². The summed E-state index contributed by atoms with van der Waals surface area (Å²) in [6.45, 7) is 15.0. The normalized spacial score (nSPS) is 16.1. The molecule has 2 amide bonds. The molecular weight excluding hydrogens is 356 g/mol. The van der Waals surface area contributed by atoms with Gasteiger partial charge in [0.25, 0.3) is 5.91 Å². The number of benzene rings is 1. The molecule has 156 valence electrons. The minimum atomic E-state index is -0.612. The van der Waals surface area contributed by atoms with Gasteiger partial charge in [-0.2, -0.15) is 0 Å². The zero-order valence-corrected chi connectivity index (χ0v) is 18.2. The first-order valence-electron chi connectivity index (χ1n) is 9.88. The maximum atomic E-state index is 12.7. The van der Waals surface area contributed by atoms with Crippen LogP contribution in [0.1, 0.15) is 70.8 Å². The van der Waals surface area contributed by atoms with E-state index in [0.29, 0.717) is 31.1 Å². The second-order valence-electron chi connectivity index (χ2n) is 9.40. The largest absolute Gasteiger partial charge is 0.493 e. The van der Waals surface area contributed by atoms with E-state index in [1.807, 2.05) is 60.6 Å². The van der Waals surface area contributed by atoms with Crippen LogP contribution in [0, 0.1) is 5.41 Å². The van der Waals surface area contributed by atoms with E-state index in [4.69, 9.17) is 9.47 Å². The number of carbonyl (C=O) groups is 2. The van der Waals surface area contributed by atoms with Crippen LogP contribution in [0.3, 0.4) is 0 Å². The molecule has 0 aliphatic carbocycles. The number of rotatable bonds is 7. The Morgan fingerprint density at radius 2 is 1.79 bits per heavy atom. The number of hydrogen-bond donors (Lipinski definition) is 2. The topological polar surface area (TPSA) is 76.7 Å². The van der Waals surface area contributed by atoms with E-state index in [1.165, 1.54) is 0 Å². The van der Waals surface area contributed by atoms with Crippen molar-refractivity contribution in [2.45, 2.75) is 66.0 Å². The third-order valence-electron chi connectivity index (χ3n) is 4.71. The average molecular weight is 391 g/mol. The quantitative estimate of drug-likeness (QED) is 0.748. The number of nitrogens with one attached hydrogen (secondary N) is 2. The third kappa shape index (κ3) is 5.25. The standard InChI is InChI=1S/C22H34N2O4/c1-8-11-28-17-12-15(9-10-16(17)18(25)23-20(2,3)4)21(5,6)24-19(26)22(7)13-27-14-22/h9-10,12H,8,11,13-14H2,1-7H3,(H,23,25)(H,24,26). The summed E-state index contributed by atoms with van der Waals surface area (Å²) in [7, 11) is 0. The van der Waals surface area contributed by atoms with Gasteiger partial charge < -0.3 is 20.1 Å². The zero-order chi connectivity index (χ0) is 21.2. The van der Waals surface area contributed by atoms with Crippen LogP contribution in [0.5, 0.6) is 5.75 Å². The van der Waals surface area contributed by atoms with Crippen LogP contribution in [-0.4, -0.2) is 37.2 Å². The molecule has 0 radical (unpaired) electrons. The van der Waals surface area contributed by atoms with Crippen molar-refractivity contribution in [3.63, 3.8) is 0 Å². The van der Waals surface area contributed by atoms with E-state index in [1.54, 1.807) is 6.07 Å². The molecule has 1 aromatic carbocycles. The smallest absolute Gasteiger partial charge is 0.255 e. The van der Waals surface area contributed by atoms with Gasteiger partial charge in [0.05, 0.1) is 36.3 Å². The molecule has 2 N–H and O–H groups in total. The molecule has 1 aliphatic heterocycles. The summed E-state index contributed by atoms with van der Waals surface area (Å²) in [4.78, 5) is 25.3. The highest BCUT2D eigenvalue weighted by Crippen LogP contribution is 2.32. The van der Waals surface area contributed by atoms with Crippen LogP contribution in [0.25, 0.3) is 0 Å². The Hall–Kier alpha value is -2.08. The lowest BCUT2D eigenvalue weighted by molar-refractivity contribution is -0.159. The highest BCUT2D eigenvalue weighted by atomic mass is 16.5. The molecule has 1 saturated heterocycles. The molecular formula is C22H34N2O4. The van der Waals surface area contributed by atoms with Gasteiger partial charge in [-0.05, 0) is 65.7 Å². The molecule has 28 heavy (non-hydrogen) atoms. The Kier molecular flexibility index (Phi) is 6.44. The molecule has 0 saturated carbocycles. The molecule has 6 nitrogen and oxygen atoms in total. The van der Waals surface area contributed by atoms with Gasteiger partial charge in [0, 0.05) is 5.54 Å². The van der Waals surface area contributed by atoms with Crippen LogP contribution in [0.2, 0.25) is 0 Å². The minimum absolute atomic E-state index is 0.0330. The summed E-state index contributed by atoms with van der Waals surface area (Å²) in [5.41, 5.74) is -0.0629. The Bertz CT molecular complexity index is 731. The van der Waals surface area contributed by atoms with Gasteiger partial charge >= 0.3 is 0 Å². The molecule has 0 bridgehead atoms. The Balaban J connectivity index is 2.29. The lowest BCUT2D eigenvalue weighted by Gasteiger charge is -2.39. The van der Waals surface area contributed by atoms with Gasteiger partial charge in [0.1, 0.15) is 5.75 Å². The minimum Gasteiger partial charge on any atom is -0.493 e. The zero-order valence-electron chi connectivity index (χ0n) is 18.2. The molecule has 0 atom stereocenters. The lowest BCUT2D eigenvalue weighted by atomic mass is 9.85. The molecule has 0 spiro atoms. The number of carbonyl (C=O) groups excluding carboxylic acids is 2. The van der Waals surface area contributed by atoms with Crippen LogP contribution in [-0.2, 0) is 15.1 Å². The molecule has 1 heterocycles. The van der Waals surface area contributed by atoms with E-state index < -0.39 is 11.0 Å². The first-order chi connectivity index (χ1) is 12.9. The third-order valence-corrected chi connectivity index (χ3v) is 4.71. The number of hydrogen-bond acceptors (Lipinski definition) is 4. The predicted molar refractivity (Wildman–Crippen MR) is 110 cm³/mol. The van der Waals surface area contributed by atoms with E-state index in [0.717, 1.165) is 12.0 Å². The van der Waals surface area contributed by atoms with E-state index in [9.17, 15) is 9.59 Å². The maximum absolute atomic E-state index is 12.7. The summed E-state index contributed by atoms with van der Waals surface area (Å²) in [5.74, 6) is 0.321. The average Bonchev–Trinajstić information content (AvgIpc) is 2.55. The van der Waals surface area contributed by atoms with Crippen molar-refractivity contribution in [1.29, 1.82) is 0 Å². The molecule has 2 rings (SSSR count). The molecule has 1 aromatic rings. The lowest BCUT2D eigenvalue weighted by Crippen LogP contribution is -2.56. The Morgan fingerprint density at radius 1 is 1.14 bits per heavy atom. The van der Waals surface area contributed by atoms with Crippen molar-refractivity contribution in [3.05, 3.63) is 29.3 Å². The SMILES string of the molecule is CCCOc1cc(C(C)(C)NC(=O)C2(C)COC2)ccc1C(=O)NC(C)(C)C. The van der Waals surface area contributed by atoms with Crippen LogP contribution >= 0.6 is 0 Å². The van der Waals surface area contributed by atoms with Gasteiger partial charge in [-0.25, -0.2) is 0 Å². The fraction of sp³-hybridized carbons (Fsp3) is 0.636. The summed E-state index contributed by atoms with van der Waals surface area (Å²) >= 11 is 0. The van der Waals surface area contributed by atoms with Crippen molar-refractivity contribution in [2.24, 2.45) is 5.41 Å². The summed E-state index contributed by atoms with van der Waals surface area (Å²) < 4.78 is 11.1. The number of amides is 2. The monoisotopic (exact) mass is 390 g/mol. The summed E-state index contributed by atoms with van der Waals surface area (Å²) in [5, 5.41) is 6.09. The van der Waals surface area contributed by atoms with Gasteiger partial charge in [-0.1, -0.05) is 13.0 Å². The fourth-order valence-electron chi connectivity index (χ4n) is 2.88. The molecule has 1 aliphatic rings. The molecule has 0 unspecified atom stereocenters. The summed E-state index contributed by atoms with van der Waals surface area (Å²) in [6.07, 6.45) is 0.836. The summed E-state index contributed by atoms with van der Waals surface area (Å²) in [6, 6.07) is 5.49. The second kappa shape index (κ2) is 8.11. The Labute approximate surface area is 168 Å². The fourth-order valence-corrected chi connectivity index (χ4v) is 2.88. The van der Waals surface area contributed by atoms with Crippen LogP contribution in [0.15, 0.2) is 18.2 Å². The maximum Gasteiger partial charge on any atom is 0.255 e. The highest BCUT2D eigenvalue weighted by Gasteiger charge is 2.43.